The van der Waals surface area contributed by atoms with E-state index in [0.29, 0.717) is 5.02 Å². The van der Waals surface area contributed by atoms with Gasteiger partial charge in [-0.3, -0.25) is 14.4 Å². The molecule has 1 aromatic carbocycles. The van der Waals surface area contributed by atoms with Crippen molar-refractivity contribution in [1.29, 1.82) is 0 Å². The molecule has 0 saturated carbocycles. The van der Waals surface area contributed by atoms with Crippen molar-refractivity contribution in [2.24, 2.45) is 5.92 Å². The van der Waals surface area contributed by atoms with Crippen LogP contribution in [-0.2, 0) is 14.3 Å². The molecular weight excluding hydrogens is 256 g/mol. The van der Waals surface area contributed by atoms with Crippen LogP contribution in [0.5, 0.6) is 0 Å². The predicted molar refractivity (Wildman–Crippen MR) is 66.6 cm³/mol. The zero-order chi connectivity index (χ0) is 13.7. The number of benzene rings is 1. The fourth-order valence-corrected chi connectivity index (χ4v) is 1.59. The first-order valence-corrected chi connectivity index (χ1v) is 5.82. The number of Topliss-reactive ketones (excluding diaryl/α,β-unsaturated/α-hetero) is 2. The summed E-state index contributed by atoms with van der Waals surface area (Å²) in [5, 5.41) is 0.474. The van der Waals surface area contributed by atoms with Gasteiger partial charge in [-0.1, -0.05) is 11.6 Å². The maximum Gasteiger partial charge on any atom is 0.324 e. The SMILES string of the molecule is CCOC(=O)C(C(C)=O)C(=O)c1ccc(Cl)cc1. The van der Waals surface area contributed by atoms with Crippen molar-refractivity contribution in [3.8, 4) is 0 Å². The molecule has 18 heavy (non-hydrogen) atoms. The van der Waals surface area contributed by atoms with E-state index in [2.05, 4.69) is 0 Å². The van der Waals surface area contributed by atoms with Crippen molar-refractivity contribution in [3.63, 3.8) is 0 Å². The van der Waals surface area contributed by atoms with Gasteiger partial charge in [0.25, 0.3) is 0 Å². The van der Waals surface area contributed by atoms with Crippen LogP contribution < -0.4 is 0 Å². The van der Waals surface area contributed by atoms with Crippen LogP contribution in [-0.4, -0.2) is 24.1 Å². The number of hydrogen-bond donors (Lipinski definition) is 0. The Morgan fingerprint density at radius 3 is 2.22 bits per heavy atom. The van der Waals surface area contributed by atoms with Gasteiger partial charge in [-0.15, -0.1) is 0 Å². The molecule has 0 aliphatic heterocycles. The van der Waals surface area contributed by atoms with Crippen LogP contribution >= 0.6 is 11.6 Å². The first kappa shape index (κ1) is 14.4. The van der Waals surface area contributed by atoms with Gasteiger partial charge >= 0.3 is 5.97 Å². The molecule has 5 heteroatoms. The van der Waals surface area contributed by atoms with Gasteiger partial charge < -0.3 is 4.74 Å². The minimum absolute atomic E-state index is 0.122. The molecule has 96 valence electrons. The van der Waals surface area contributed by atoms with E-state index in [1.165, 1.54) is 31.2 Å². The average molecular weight is 269 g/mol. The van der Waals surface area contributed by atoms with Gasteiger partial charge in [-0.05, 0) is 38.1 Å². The molecule has 0 amide bonds. The Morgan fingerprint density at radius 2 is 1.78 bits per heavy atom. The third-order valence-corrected chi connectivity index (χ3v) is 2.57. The number of ether oxygens (including phenoxy) is 1. The lowest BCUT2D eigenvalue weighted by atomic mass is 9.94. The van der Waals surface area contributed by atoms with E-state index in [-0.39, 0.29) is 12.2 Å². The first-order valence-electron chi connectivity index (χ1n) is 5.44. The number of carbonyl (C=O) groups excluding carboxylic acids is 3. The van der Waals surface area contributed by atoms with E-state index in [9.17, 15) is 14.4 Å². The summed E-state index contributed by atoms with van der Waals surface area (Å²) in [7, 11) is 0. The minimum atomic E-state index is -1.40. The van der Waals surface area contributed by atoms with E-state index in [1.54, 1.807) is 6.92 Å². The lowest BCUT2D eigenvalue weighted by molar-refractivity contribution is -0.148. The van der Waals surface area contributed by atoms with Crippen molar-refractivity contribution in [2.45, 2.75) is 13.8 Å². The average Bonchev–Trinajstić information content (AvgIpc) is 2.29. The molecule has 0 saturated heterocycles. The maximum absolute atomic E-state index is 12.0. The Hall–Kier alpha value is -1.68. The van der Waals surface area contributed by atoms with Crippen molar-refractivity contribution in [2.75, 3.05) is 6.61 Å². The van der Waals surface area contributed by atoms with E-state index < -0.39 is 23.5 Å². The third-order valence-electron chi connectivity index (χ3n) is 2.32. The number of carbonyl (C=O) groups is 3. The monoisotopic (exact) mass is 268 g/mol. The zero-order valence-electron chi connectivity index (χ0n) is 10.1. The molecule has 0 bridgehead atoms. The normalized spacial score (nSPS) is 11.7. The topological polar surface area (TPSA) is 60.4 Å². The molecule has 0 aliphatic carbocycles. The lowest BCUT2D eigenvalue weighted by Gasteiger charge is -2.11. The quantitative estimate of drug-likeness (QED) is 0.467. The summed E-state index contributed by atoms with van der Waals surface area (Å²) in [6.07, 6.45) is 0. The van der Waals surface area contributed by atoms with E-state index in [0.717, 1.165) is 0 Å². The molecule has 1 unspecified atom stereocenters. The molecule has 0 aromatic heterocycles. The summed E-state index contributed by atoms with van der Waals surface area (Å²) in [6, 6.07) is 5.99. The Labute approximate surface area is 110 Å². The molecule has 1 rings (SSSR count). The van der Waals surface area contributed by atoms with Crippen LogP contribution in [0.3, 0.4) is 0 Å². The zero-order valence-corrected chi connectivity index (χ0v) is 10.9. The Kier molecular flexibility index (Phi) is 5.04. The second kappa shape index (κ2) is 6.31. The van der Waals surface area contributed by atoms with Gasteiger partial charge in [0.15, 0.2) is 17.5 Å². The highest BCUT2D eigenvalue weighted by Crippen LogP contribution is 2.15. The van der Waals surface area contributed by atoms with Crippen molar-refractivity contribution in [3.05, 3.63) is 34.9 Å². The van der Waals surface area contributed by atoms with Crippen LogP contribution in [0.2, 0.25) is 5.02 Å². The van der Waals surface area contributed by atoms with Crippen LogP contribution in [0.15, 0.2) is 24.3 Å². The van der Waals surface area contributed by atoms with E-state index in [1.807, 2.05) is 0 Å². The number of rotatable bonds is 5. The first-order chi connectivity index (χ1) is 8.47. The van der Waals surface area contributed by atoms with Gasteiger partial charge in [-0.25, -0.2) is 0 Å². The summed E-state index contributed by atoms with van der Waals surface area (Å²) in [5.74, 6) is -3.32. The molecule has 1 aromatic rings. The molecule has 0 heterocycles. The largest absolute Gasteiger partial charge is 0.465 e. The minimum Gasteiger partial charge on any atom is -0.465 e. The Balaban J connectivity index is 3.00. The van der Waals surface area contributed by atoms with Crippen molar-refractivity contribution >= 4 is 29.1 Å². The van der Waals surface area contributed by atoms with E-state index >= 15 is 0 Å². The van der Waals surface area contributed by atoms with Crippen LogP contribution in [0.25, 0.3) is 0 Å². The van der Waals surface area contributed by atoms with Gasteiger partial charge in [0.2, 0.25) is 0 Å². The summed E-state index contributed by atoms with van der Waals surface area (Å²) >= 11 is 5.70. The van der Waals surface area contributed by atoms with Gasteiger partial charge in [-0.2, -0.15) is 0 Å². The predicted octanol–water partition coefficient (Wildman–Crippen LogP) is 2.29. The van der Waals surface area contributed by atoms with Crippen LogP contribution in [0.1, 0.15) is 24.2 Å². The molecule has 1 atom stereocenters. The second-order valence-corrected chi connectivity index (χ2v) is 4.10. The second-order valence-electron chi connectivity index (χ2n) is 3.67. The van der Waals surface area contributed by atoms with Crippen molar-refractivity contribution < 1.29 is 19.1 Å². The molecule has 0 N–H and O–H groups in total. The molecule has 0 fully saturated rings. The summed E-state index contributed by atoms with van der Waals surface area (Å²) < 4.78 is 4.73. The highest BCUT2D eigenvalue weighted by atomic mass is 35.5. The van der Waals surface area contributed by atoms with Gasteiger partial charge in [0.05, 0.1) is 6.61 Å². The Morgan fingerprint density at radius 1 is 1.22 bits per heavy atom. The summed E-state index contributed by atoms with van der Waals surface area (Å²) in [6.45, 7) is 2.92. The molecular formula is C13H13ClO4. The number of hydrogen-bond acceptors (Lipinski definition) is 4. The molecule has 0 spiro atoms. The lowest BCUT2D eigenvalue weighted by Crippen LogP contribution is -2.32. The van der Waals surface area contributed by atoms with Gasteiger partial charge in [0, 0.05) is 10.6 Å². The van der Waals surface area contributed by atoms with Gasteiger partial charge in [0.1, 0.15) is 0 Å². The molecule has 0 radical (unpaired) electrons. The van der Waals surface area contributed by atoms with E-state index in [4.69, 9.17) is 16.3 Å². The van der Waals surface area contributed by atoms with Crippen LogP contribution in [0, 0.1) is 5.92 Å². The highest BCUT2D eigenvalue weighted by molar-refractivity contribution is 6.30. The fourth-order valence-electron chi connectivity index (χ4n) is 1.46. The Bertz CT molecular complexity index is 464. The number of halogens is 1. The maximum atomic E-state index is 12.0. The standard InChI is InChI=1S/C13H13ClO4/c1-3-18-13(17)11(8(2)15)12(16)9-4-6-10(14)7-5-9/h4-7,11H,3H2,1-2H3. The van der Waals surface area contributed by atoms with Crippen molar-refractivity contribution in [1.82, 2.24) is 0 Å². The summed E-state index contributed by atoms with van der Waals surface area (Å²) in [4.78, 5) is 35.0. The third kappa shape index (κ3) is 3.40. The fraction of sp³-hybridized carbons (Fsp3) is 0.308. The molecule has 0 aliphatic rings. The molecule has 4 nitrogen and oxygen atoms in total. The smallest absolute Gasteiger partial charge is 0.324 e. The summed E-state index contributed by atoms with van der Waals surface area (Å²) in [5.41, 5.74) is 0.257. The van der Waals surface area contributed by atoms with Crippen LogP contribution in [0.4, 0.5) is 0 Å². The number of ketones is 2. The highest BCUT2D eigenvalue weighted by Gasteiger charge is 2.33. The number of esters is 1.